The highest BCUT2D eigenvalue weighted by Gasteiger charge is 2.16. The van der Waals surface area contributed by atoms with Crippen LogP contribution in [0.1, 0.15) is 0 Å². The molecule has 0 aliphatic rings. The number of hydrogen-bond acceptors (Lipinski definition) is 2. The lowest BCUT2D eigenvalue weighted by Crippen LogP contribution is -2.11. The molecule has 0 aliphatic heterocycles. The Morgan fingerprint density at radius 3 is 1.73 bits per heavy atom. The molecule has 11 heavy (non-hydrogen) atoms. The molecule has 0 aromatic carbocycles. The van der Waals surface area contributed by atoms with E-state index in [4.69, 9.17) is 34.8 Å². The van der Waals surface area contributed by atoms with Crippen LogP contribution in [0, 0.1) is 0 Å². The zero-order valence-corrected chi connectivity index (χ0v) is 7.46. The number of amides is 1. The minimum absolute atomic E-state index is 0.234. The van der Waals surface area contributed by atoms with E-state index in [-0.39, 0.29) is 6.29 Å². The van der Waals surface area contributed by atoms with E-state index in [0.717, 1.165) is 0 Å². The molecule has 1 amide bonds. The van der Waals surface area contributed by atoms with Crippen molar-refractivity contribution in [3.8, 4) is 0 Å². The number of aldehydes is 1. The number of hydrogen-bond donors (Lipinski definition) is 1. The first-order valence-corrected chi connectivity index (χ1v) is 3.34. The Hall–Kier alpha value is -0.0600. The zero-order valence-electron chi connectivity index (χ0n) is 5.19. The van der Waals surface area contributed by atoms with Crippen molar-refractivity contribution in [1.29, 1.82) is 0 Å². The Bertz CT molecular complexity index is 136. The third-order valence-corrected chi connectivity index (χ3v) is 0.533. The summed E-state index contributed by atoms with van der Waals surface area (Å²) in [5, 5.41) is 0. The van der Waals surface area contributed by atoms with Gasteiger partial charge in [-0.25, -0.2) is 4.39 Å². The second kappa shape index (κ2) is 6.64. The molecule has 0 unspecified atom stereocenters. The van der Waals surface area contributed by atoms with E-state index >= 15 is 0 Å². The number of primary amides is 1. The molecule has 0 aromatic heterocycles. The molecule has 0 saturated heterocycles. The van der Waals surface area contributed by atoms with Gasteiger partial charge in [0.2, 0.25) is 9.70 Å². The van der Waals surface area contributed by atoms with Crippen LogP contribution in [0.25, 0.3) is 0 Å². The van der Waals surface area contributed by atoms with Gasteiger partial charge in [-0.1, -0.05) is 34.8 Å². The molecule has 0 aromatic rings. The third kappa shape index (κ3) is 25.7. The standard InChI is InChI=1S/C2HCl3O.C2H4FNO/c3-2(4,5)1-6;3-1-2(4)5/h1H;1H2,(H2,4,5). The third-order valence-electron chi connectivity index (χ3n) is 0.265. The van der Waals surface area contributed by atoms with Crippen LogP contribution < -0.4 is 5.73 Å². The van der Waals surface area contributed by atoms with Gasteiger partial charge in [0.15, 0.2) is 13.0 Å². The van der Waals surface area contributed by atoms with E-state index in [1.54, 1.807) is 0 Å². The van der Waals surface area contributed by atoms with Crippen LogP contribution in [-0.4, -0.2) is 22.7 Å². The predicted molar refractivity (Wildman–Crippen MR) is 41.5 cm³/mol. The molecular weight excluding hydrogens is 219 g/mol. The van der Waals surface area contributed by atoms with Crippen molar-refractivity contribution >= 4 is 47.0 Å². The number of carbonyl (C=O) groups is 2. The molecule has 66 valence electrons. The Balaban J connectivity index is 0. The first kappa shape index (κ1) is 13.5. The average Bonchev–Trinajstić information content (AvgIpc) is 1.88. The first-order valence-electron chi connectivity index (χ1n) is 2.20. The van der Waals surface area contributed by atoms with Crippen LogP contribution in [0.2, 0.25) is 0 Å². The van der Waals surface area contributed by atoms with Gasteiger partial charge < -0.3 is 5.73 Å². The zero-order chi connectivity index (χ0) is 9.49. The molecule has 0 spiro atoms. The topological polar surface area (TPSA) is 60.2 Å². The van der Waals surface area contributed by atoms with Crippen molar-refractivity contribution in [3.05, 3.63) is 0 Å². The summed E-state index contributed by atoms with van der Waals surface area (Å²) in [7, 11) is 0. The smallest absolute Gasteiger partial charge is 0.248 e. The molecule has 0 saturated carbocycles. The maximum absolute atomic E-state index is 10.6. The van der Waals surface area contributed by atoms with Crippen LogP contribution in [0.4, 0.5) is 4.39 Å². The van der Waals surface area contributed by atoms with Crippen molar-refractivity contribution in [1.82, 2.24) is 0 Å². The minimum atomic E-state index is -1.72. The largest absolute Gasteiger partial charge is 0.367 e. The Morgan fingerprint density at radius 1 is 1.55 bits per heavy atom. The van der Waals surface area contributed by atoms with E-state index < -0.39 is 16.4 Å². The summed E-state index contributed by atoms with van der Waals surface area (Å²) in [6.07, 6.45) is 0.234. The van der Waals surface area contributed by atoms with Crippen LogP contribution in [0.3, 0.4) is 0 Å². The van der Waals surface area contributed by atoms with E-state index in [9.17, 15) is 14.0 Å². The Kier molecular flexibility index (Phi) is 8.16. The van der Waals surface area contributed by atoms with E-state index in [2.05, 4.69) is 5.73 Å². The molecule has 0 rings (SSSR count). The molecule has 7 heteroatoms. The molecule has 0 radical (unpaired) electrons. The summed E-state index contributed by atoms with van der Waals surface area (Å²) in [5.74, 6) is -0.912. The molecule has 3 nitrogen and oxygen atoms in total. The lowest BCUT2D eigenvalue weighted by atomic mass is 10.7. The number of nitrogens with two attached hydrogens (primary N) is 1. The molecule has 0 heterocycles. The summed E-state index contributed by atoms with van der Waals surface area (Å²) >= 11 is 14.6. The maximum Gasteiger partial charge on any atom is 0.248 e. The highest BCUT2D eigenvalue weighted by molar-refractivity contribution is 6.74. The monoisotopic (exact) mass is 223 g/mol. The molecule has 0 atom stereocenters. The van der Waals surface area contributed by atoms with Crippen LogP contribution in [0.5, 0.6) is 0 Å². The number of rotatable bonds is 1. The van der Waals surface area contributed by atoms with Gasteiger partial charge in [0.25, 0.3) is 0 Å². The minimum Gasteiger partial charge on any atom is -0.367 e. The highest BCUT2D eigenvalue weighted by Crippen LogP contribution is 2.21. The Labute approximate surface area is 77.6 Å². The van der Waals surface area contributed by atoms with Gasteiger partial charge >= 0.3 is 0 Å². The van der Waals surface area contributed by atoms with Crippen molar-refractivity contribution in [2.45, 2.75) is 3.79 Å². The normalized spacial score (nSPS) is 9.45. The fourth-order valence-corrected chi connectivity index (χ4v) is 0. The average molecular weight is 224 g/mol. The van der Waals surface area contributed by atoms with E-state index in [1.807, 2.05) is 0 Å². The van der Waals surface area contributed by atoms with E-state index in [0.29, 0.717) is 0 Å². The van der Waals surface area contributed by atoms with Gasteiger partial charge in [-0.05, 0) is 0 Å². The number of alkyl halides is 4. The summed E-state index contributed by atoms with van der Waals surface area (Å²) in [4.78, 5) is 18.6. The maximum atomic E-state index is 10.6. The molecule has 2 N–H and O–H groups in total. The van der Waals surface area contributed by atoms with Crippen LogP contribution >= 0.6 is 34.8 Å². The van der Waals surface area contributed by atoms with Gasteiger partial charge in [0.05, 0.1) is 0 Å². The molecule has 0 aliphatic carbocycles. The predicted octanol–water partition coefficient (Wildman–Crippen LogP) is 0.997. The fourth-order valence-electron chi connectivity index (χ4n) is 0. The fraction of sp³-hybridized carbons (Fsp3) is 0.500. The van der Waals surface area contributed by atoms with Crippen molar-refractivity contribution in [2.75, 3.05) is 6.67 Å². The lowest BCUT2D eigenvalue weighted by Gasteiger charge is -1.93. The van der Waals surface area contributed by atoms with Crippen LogP contribution in [-0.2, 0) is 9.59 Å². The Morgan fingerprint density at radius 2 is 1.73 bits per heavy atom. The highest BCUT2D eigenvalue weighted by atomic mass is 35.6. The van der Waals surface area contributed by atoms with Crippen LogP contribution in [0.15, 0.2) is 0 Å². The van der Waals surface area contributed by atoms with Gasteiger partial charge in [-0.2, -0.15) is 0 Å². The summed E-state index contributed by atoms with van der Waals surface area (Å²) in [6.45, 7) is -1.06. The van der Waals surface area contributed by atoms with E-state index in [1.165, 1.54) is 0 Å². The quantitative estimate of drug-likeness (QED) is 0.533. The number of halogens is 4. The second-order valence-corrected chi connectivity index (χ2v) is 3.63. The SMILES string of the molecule is NC(=O)CF.O=CC(Cl)(Cl)Cl. The van der Waals surface area contributed by atoms with Crippen molar-refractivity contribution in [3.63, 3.8) is 0 Å². The van der Waals surface area contributed by atoms with Gasteiger partial charge in [-0.3, -0.25) is 9.59 Å². The van der Waals surface area contributed by atoms with Gasteiger partial charge in [0, 0.05) is 0 Å². The molecule has 0 bridgehead atoms. The van der Waals surface area contributed by atoms with Gasteiger partial charge in [-0.15, -0.1) is 0 Å². The van der Waals surface area contributed by atoms with Crippen molar-refractivity contribution < 1.29 is 14.0 Å². The molecular formula is C4H5Cl3FNO2. The summed E-state index contributed by atoms with van der Waals surface area (Å²) in [5.41, 5.74) is 4.28. The summed E-state index contributed by atoms with van der Waals surface area (Å²) < 4.78 is 8.92. The number of carbonyl (C=O) groups excluding carboxylic acids is 2. The molecule has 0 fully saturated rings. The lowest BCUT2D eigenvalue weighted by molar-refractivity contribution is -0.118. The second-order valence-electron chi connectivity index (χ2n) is 1.26. The van der Waals surface area contributed by atoms with Crippen molar-refractivity contribution in [2.24, 2.45) is 5.73 Å². The first-order chi connectivity index (χ1) is 4.83. The summed E-state index contributed by atoms with van der Waals surface area (Å²) in [6, 6.07) is 0. The van der Waals surface area contributed by atoms with Gasteiger partial charge in [0.1, 0.15) is 0 Å².